The SMILES string of the molecule is N=C1C=Cc2c(-c3ccccc3)nc3cc(-c4cccc(-c5cc(-c6ccc(-c7cccc8c7sc7ccccc78)cc6)nc(-c6ccccc6)n5)c4)ccc3c2C1=NS. The maximum Gasteiger partial charge on any atom is 0.160 e. The molecule has 0 saturated carbocycles. The van der Waals surface area contributed by atoms with Crippen molar-refractivity contribution in [3.63, 3.8) is 0 Å². The van der Waals surface area contributed by atoms with Crippen molar-refractivity contribution in [2.24, 2.45) is 4.40 Å². The summed E-state index contributed by atoms with van der Waals surface area (Å²) in [5.74, 6) is 0.669. The van der Waals surface area contributed by atoms with Crippen molar-refractivity contribution in [1.29, 1.82) is 5.41 Å². The van der Waals surface area contributed by atoms with Gasteiger partial charge in [-0.2, -0.15) is 0 Å². The number of thiol groups is 1. The molecule has 3 heterocycles. The van der Waals surface area contributed by atoms with E-state index in [1.807, 2.05) is 53.8 Å². The van der Waals surface area contributed by atoms with E-state index >= 15 is 0 Å². The summed E-state index contributed by atoms with van der Waals surface area (Å²) < 4.78 is 6.87. The molecule has 0 amide bonds. The first-order valence-electron chi connectivity index (χ1n) is 19.7. The van der Waals surface area contributed by atoms with Gasteiger partial charge in [-0.3, -0.25) is 5.41 Å². The zero-order chi connectivity index (χ0) is 40.2. The molecule has 60 heavy (non-hydrogen) atoms. The van der Waals surface area contributed by atoms with Gasteiger partial charge in [-0.1, -0.05) is 152 Å². The highest BCUT2D eigenvalue weighted by Gasteiger charge is 2.24. The zero-order valence-corrected chi connectivity index (χ0v) is 33.8. The minimum absolute atomic E-state index is 0.320. The van der Waals surface area contributed by atoms with Gasteiger partial charge in [-0.15, -0.1) is 11.3 Å². The summed E-state index contributed by atoms with van der Waals surface area (Å²) in [4.78, 5) is 15.5. The molecule has 1 aliphatic rings. The zero-order valence-electron chi connectivity index (χ0n) is 32.0. The Morgan fingerprint density at radius 2 is 1.12 bits per heavy atom. The third-order valence-electron chi connectivity index (χ3n) is 11.2. The largest absolute Gasteiger partial charge is 0.299 e. The lowest BCUT2D eigenvalue weighted by molar-refractivity contribution is 1.18. The number of pyridine rings is 1. The molecule has 282 valence electrons. The standard InChI is InChI=1S/C53H33N5S2/c54-44-28-27-43-49(51(44)58-59)42-26-25-37(30-47(42)55-50(43)34-11-3-1-4-12-34)36-15-9-16-38(29-36)46-31-45(56-53(57-46)35-13-5-2-6-14-35)33-23-21-32(22-24-33)39-18-10-19-41-40-17-7-8-20-48(40)60-52(39)41/h1-31,54,59H. The maximum absolute atomic E-state index is 8.64. The molecular formula is C53H33N5S2. The van der Waals surface area contributed by atoms with E-state index in [2.05, 4.69) is 157 Å². The van der Waals surface area contributed by atoms with E-state index in [-0.39, 0.29) is 0 Å². The highest BCUT2D eigenvalue weighted by molar-refractivity contribution is 7.79. The highest BCUT2D eigenvalue weighted by atomic mass is 32.1. The van der Waals surface area contributed by atoms with E-state index in [1.54, 1.807) is 6.08 Å². The van der Waals surface area contributed by atoms with Crippen LogP contribution in [0.25, 0.3) is 105 Å². The molecule has 1 N–H and O–H groups in total. The van der Waals surface area contributed by atoms with Crippen molar-refractivity contribution >= 4 is 72.7 Å². The molecule has 0 aliphatic heterocycles. The third kappa shape index (κ3) is 6.23. The topological polar surface area (TPSA) is 74.9 Å². The second-order valence-electron chi connectivity index (χ2n) is 14.8. The number of hydrogen-bond acceptors (Lipinski definition) is 7. The molecule has 7 heteroatoms. The molecule has 0 radical (unpaired) electrons. The van der Waals surface area contributed by atoms with Crippen LogP contribution in [0.5, 0.6) is 0 Å². The van der Waals surface area contributed by atoms with Crippen LogP contribution in [0.4, 0.5) is 0 Å². The van der Waals surface area contributed by atoms with Crippen molar-refractivity contribution in [3.05, 3.63) is 193 Å². The van der Waals surface area contributed by atoms with E-state index in [4.69, 9.17) is 20.4 Å². The first-order valence-corrected chi connectivity index (χ1v) is 20.9. The van der Waals surface area contributed by atoms with Crippen LogP contribution in [0.2, 0.25) is 0 Å². The summed E-state index contributed by atoms with van der Waals surface area (Å²) in [6.45, 7) is 0. The number of nitrogens with zero attached hydrogens (tertiary/aromatic N) is 4. The normalized spacial score (nSPS) is 13.1. The lowest BCUT2D eigenvalue weighted by Gasteiger charge is -2.20. The van der Waals surface area contributed by atoms with Gasteiger partial charge in [-0.25, -0.2) is 19.3 Å². The number of nitrogens with one attached hydrogen (secondary N) is 1. The lowest BCUT2D eigenvalue weighted by Crippen LogP contribution is -2.18. The number of aromatic nitrogens is 3. The van der Waals surface area contributed by atoms with Gasteiger partial charge in [0.05, 0.1) is 28.3 Å². The summed E-state index contributed by atoms with van der Waals surface area (Å²) in [6.07, 6.45) is 3.73. The number of benzene rings is 7. The average Bonchev–Trinajstić information content (AvgIpc) is 3.71. The van der Waals surface area contributed by atoms with E-state index in [0.717, 1.165) is 72.5 Å². The van der Waals surface area contributed by atoms with E-state index in [1.165, 1.54) is 31.3 Å². The first-order chi connectivity index (χ1) is 29.6. The van der Waals surface area contributed by atoms with Gasteiger partial charge in [0.25, 0.3) is 0 Å². The molecule has 3 aromatic heterocycles. The number of thiophene rings is 1. The van der Waals surface area contributed by atoms with Crippen molar-refractivity contribution < 1.29 is 0 Å². The van der Waals surface area contributed by atoms with Crippen LogP contribution in [0.15, 0.2) is 186 Å². The fourth-order valence-electron chi connectivity index (χ4n) is 8.29. The lowest BCUT2D eigenvalue weighted by atomic mass is 9.87. The van der Waals surface area contributed by atoms with Crippen molar-refractivity contribution in [2.75, 3.05) is 0 Å². The van der Waals surface area contributed by atoms with Crippen molar-refractivity contribution in [3.8, 4) is 67.4 Å². The fourth-order valence-corrected chi connectivity index (χ4v) is 9.74. The molecular weight excluding hydrogens is 771 g/mol. The van der Waals surface area contributed by atoms with Gasteiger partial charge >= 0.3 is 0 Å². The Kier molecular flexibility index (Phi) is 8.84. The maximum atomic E-state index is 8.64. The van der Waals surface area contributed by atoms with E-state index < -0.39 is 0 Å². The Labute approximate surface area is 356 Å². The van der Waals surface area contributed by atoms with Crippen molar-refractivity contribution in [1.82, 2.24) is 15.0 Å². The van der Waals surface area contributed by atoms with Gasteiger partial charge in [0, 0.05) is 58.9 Å². The number of allylic oxidation sites excluding steroid dienone is 1. The second-order valence-corrected chi connectivity index (χ2v) is 16.1. The van der Waals surface area contributed by atoms with Crippen LogP contribution < -0.4 is 0 Å². The van der Waals surface area contributed by atoms with E-state index in [0.29, 0.717) is 17.2 Å². The highest BCUT2D eigenvalue weighted by Crippen LogP contribution is 2.41. The summed E-state index contributed by atoms with van der Waals surface area (Å²) >= 11 is 6.15. The van der Waals surface area contributed by atoms with Crippen LogP contribution in [0, 0.1) is 5.41 Å². The Balaban J connectivity index is 1.00. The molecule has 1 aliphatic carbocycles. The van der Waals surface area contributed by atoms with Gasteiger partial charge < -0.3 is 0 Å². The number of rotatable bonds is 6. The first kappa shape index (κ1) is 35.8. The van der Waals surface area contributed by atoms with Crippen LogP contribution in [0.1, 0.15) is 11.1 Å². The summed E-state index contributed by atoms with van der Waals surface area (Å²) in [6, 6.07) is 61.2. The Morgan fingerprint density at radius 1 is 0.483 bits per heavy atom. The minimum Gasteiger partial charge on any atom is -0.299 e. The smallest absolute Gasteiger partial charge is 0.160 e. The Hall–Kier alpha value is -7.32. The molecule has 0 spiro atoms. The van der Waals surface area contributed by atoms with Gasteiger partial charge in [0.1, 0.15) is 5.71 Å². The predicted octanol–water partition coefficient (Wildman–Crippen LogP) is 14.1. The second kappa shape index (κ2) is 14.8. The molecule has 0 bridgehead atoms. The summed E-state index contributed by atoms with van der Waals surface area (Å²) in [5.41, 5.74) is 14.4. The molecule has 0 atom stereocenters. The molecule has 7 aromatic carbocycles. The summed E-state index contributed by atoms with van der Waals surface area (Å²) in [7, 11) is 0. The van der Waals surface area contributed by atoms with Crippen LogP contribution in [0.3, 0.4) is 0 Å². The fraction of sp³-hybridized carbons (Fsp3) is 0. The summed E-state index contributed by atoms with van der Waals surface area (Å²) in [5, 5.41) is 12.2. The molecule has 0 saturated heterocycles. The van der Waals surface area contributed by atoms with Crippen LogP contribution in [-0.4, -0.2) is 26.4 Å². The van der Waals surface area contributed by atoms with Gasteiger partial charge in [-0.05, 0) is 71.5 Å². The number of fused-ring (bicyclic) bond motifs is 6. The van der Waals surface area contributed by atoms with Crippen LogP contribution in [-0.2, 0) is 0 Å². The quantitative estimate of drug-likeness (QED) is 0.164. The molecule has 10 aromatic rings. The van der Waals surface area contributed by atoms with E-state index in [9.17, 15) is 0 Å². The third-order valence-corrected chi connectivity index (χ3v) is 12.6. The van der Waals surface area contributed by atoms with Gasteiger partial charge in [0.2, 0.25) is 0 Å². The molecule has 0 fully saturated rings. The predicted molar refractivity (Wildman–Crippen MR) is 255 cm³/mol. The Morgan fingerprint density at radius 3 is 1.92 bits per heavy atom. The minimum atomic E-state index is 0.320. The average molecular weight is 804 g/mol. The Bertz CT molecular complexity index is 3390. The molecule has 11 rings (SSSR count). The van der Waals surface area contributed by atoms with Crippen LogP contribution >= 0.6 is 24.2 Å². The molecule has 0 unspecified atom stereocenters. The van der Waals surface area contributed by atoms with Crippen molar-refractivity contribution in [2.45, 2.75) is 0 Å². The number of hydrogen-bond donors (Lipinski definition) is 2. The molecule has 5 nitrogen and oxygen atoms in total. The monoisotopic (exact) mass is 803 g/mol. The van der Waals surface area contributed by atoms with Gasteiger partial charge in [0.15, 0.2) is 5.82 Å².